The zero-order chi connectivity index (χ0) is 81.7. The van der Waals surface area contributed by atoms with Crippen molar-refractivity contribution < 1.29 is 8.83 Å². The SMILES string of the molecule is Ic1cccc2c1oc1c(-c3ccccc3)cc3ccccc3c12.c1ccc(-c2ccc(N(c3ccc(-c4ccc(-n5c6ccccc6c6ccccc65)cc4)cc3)c3cccc4c3oc3c(-c5ccccc5)cc5ccccc5c34)cc2)cc1.c1ccc(-c2ccc(Nc3ccc(-c4ccc(-n5c6ccccc6c6ccccc65)cc4)cc3)cc2)cc1. The maximum Gasteiger partial charge on any atom is 0.159 e. The van der Waals surface area contributed by atoms with Crippen molar-refractivity contribution in [3.8, 4) is 78.1 Å². The van der Waals surface area contributed by atoms with Gasteiger partial charge in [-0.25, -0.2) is 0 Å². The molecule has 0 aliphatic carbocycles. The van der Waals surface area contributed by atoms with Gasteiger partial charge in [0.2, 0.25) is 0 Å². The molecule has 0 spiro atoms. The summed E-state index contributed by atoms with van der Waals surface area (Å²) in [4.78, 5) is 2.33. The summed E-state index contributed by atoms with van der Waals surface area (Å²) in [6, 6.07) is 164. The molecule has 0 aliphatic heterocycles. The number of halogens is 1. The van der Waals surface area contributed by atoms with E-state index in [2.05, 4.69) is 491 Å². The van der Waals surface area contributed by atoms with Crippen molar-refractivity contribution in [3.05, 3.63) is 465 Å². The molecule has 24 rings (SSSR count). The number of rotatable bonds is 13. The van der Waals surface area contributed by atoms with Crippen LogP contribution in [0.1, 0.15) is 0 Å². The summed E-state index contributed by atoms with van der Waals surface area (Å²) in [7, 11) is 0. The molecule has 0 unspecified atom stereocenters. The first kappa shape index (κ1) is 73.8. The van der Waals surface area contributed by atoms with Gasteiger partial charge in [-0.15, -0.1) is 0 Å². The van der Waals surface area contributed by atoms with Crippen LogP contribution in [0.25, 0.3) is 187 Å². The van der Waals surface area contributed by atoms with Crippen LogP contribution in [0.15, 0.2) is 470 Å². The average molecular weight is 1690 g/mol. The van der Waals surface area contributed by atoms with Gasteiger partial charge in [0.15, 0.2) is 5.58 Å². The van der Waals surface area contributed by atoms with Gasteiger partial charge in [0.05, 0.1) is 31.3 Å². The number of nitrogens with one attached hydrogen (secondary N) is 1. The summed E-state index contributed by atoms with van der Waals surface area (Å²) in [6.45, 7) is 0. The predicted molar refractivity (Wildman–Crippen MR) is 527 cm³/mol. The Bertz CT molecular complexity index is 7920. The summed E-state index contributed by atoms with van der Waals surface area (Å²) >= 11 is 2.35. The molecule has 0 fully saturated rings. The minimum Gasteiger partial charge on any atom is -0.454 e. The first-order chi connectivity index (χ1) is 60.9. The number of para-hydroxylation sites is 6. The van der Waals surface area contributed by atoms with Crippen molar-refractivity contribution in [2.24, 2.45) is 0 Å². The zero-order valence-corrected chi connectivity index (χ0v) is 69.1. The summed E-state index contributed by atoms with van der Waals surface area (Å²) in [5.74, 6) is 0. The van der Waals surface area contributed by atoms with Crippen molar-refractivity contribution in [2.45, 2.75) is 0 Å². The highest BCUT2D eigenvalue weighted by Crippen LogP contribution is 2.49. The van der Waals surface area contributed by atoms with Gasteiger partial charge >= 0.3 is 0 Å². The molecule has 1 N–H and O–H groups in total. The highest BCUT2D eigenvalue weighted by atomic mass is 127. The second kappa shape index (κ2) is 32.0. The number of nitrogens with zero attached hydrogens (tertiary/aromatic N) is 3. The molecule has 0 atom stereocenters. The smallest absolute Gasteiger partial charge is 0.159 e. The molecule has 24 aromatic rings. The molecular weight excluding hydrogens is 1610 g/mol. The lowest BCUT2D eigenvalue weighted by molar-refractivity contribution is 0.668. The Balaban J connectivity index is 0.000000123. The first-order valence-corrected chi connectivity index (χ1v) is 42.8. The number of furan rings is 2. The van der Waals surface area contributed by atoms with Crippen LogP contribution in [0.3, 0.4) is 0 Å². The lowest BCUT2D eigenvalue weighted by Crippen LogP contribution is -2.10. The van der Waals surface area contributed by atoms with E-state index in [1.165, 1.54) is 121 Å². The molecule has 0 saturated carbocycles. The third kappa shape index (κ3) is 13.8. The van der Waals surface area contributed by atoms with Gasteiger partial charge in [-0.2, -0.15) is 0 Å². The van der Waals surface area contributed by atoms with Crippen molar-refractivity contribution >= 4 is 160 Å². The van der Waals surface area contributed by atoms with Crippen LogP contribution in [-0.2, 0) is 0 Å². The molecule has 4 heterocycles. The highest BCUT2D eigenvalue weighted by molar-refractivity contribution is 14.1. The van der Waals surface area contributed by atoms with Crippen molar-refractivity contribution in [1.82, 2.24) is 9.13 Å². The van der Waals surface area contributed by atoms with E-state index in [-0.39, 0.29) is 0 Å². The van der Waals surface area contributed by atoms with E-state index in [0.717, 1.165) is 98.6 Å². The fourth-order valence-electron chi connectivity index (χ4n) is 18.0. The van der Waals surface area contributed by atoms with Gasteiger partial charge in [-0.1, -0.05) is 340 Å². The second-order valence-corrected chi connectivity index (χ2v) is 32.3. The van der Waals surface area contributed by atoms with Gasteiger partial charge in [-0.3, -0.25) is 0 Å². The number of hydrogen-bond acceptors (Lipinski definition) is 4. The van der Waals surface area contributed by atoms with E-state index in [1.807, 2.05) is 12.1 Å². The lowest BCUT2D eigenvalue weighted by Gasteiger charge is -2.26. The van der Waals surface area contributed by atoms with E-state index in [1.54, 1.807) is 0 Å². The van der Waals surface area contributed by atoms with Crippen molar-refractivity contribution in [3.63, 3.8) is 0 Å². The Morgan fingerprint density at radius 2 is 0.504 bits per heavy atom. The predicted octanol–water partition coefficient (Wildman–Crippen LogP) is 33.2. The molecule has 0 saturated heterocycles. The van der Waals surface area contributed by atoms with Crippen molar-refractivity contribution in [1.29, 1.82) is 0 Å². The summed E-state index contributed by atoms with van der Waals surface area (Å²) < 4.78 is 19.4. The van der Waals surface area contributed by atoms with E-state index < -0.39 is 0 Å². The van der Waals surface area contributed by atoms with Crippen LogP contribution in [0.5, 0.6) is 0 Å². The third-order valence-corrected chi connectivity index (χ3v) is 24.8. The topological polar surface area (TPSA) is 51.4 Å². The van der Waals surface area contributed by atoms with E-state index in [9.17, 15) is 0 Å². The molecule has 0 aliphatic rings. The number of anilines is 5. The monoisotopic (exact) mass is 1680 g/mol. The fourth-order valence-corrected chi connectivity index (χ4v) is 18.7. The van der Waals surface area contributed by atoms with Crippen molar-refractivity contribution in [2.75, 3.05) is 10.2 Å². The van der Waals surface area contributed by atoms with E-state index in [4.69, 9.17) is 8.83 Å². The molecule has 0 radical (unpaired) electrons. The van der Waals surface area contributed by atoms with Crippen LogP contribution in [0, 0.1) is 3.57 Å². The van der Waals surface area contributed by atoms with Crippen LogP contribution in [0.2, 0.25) is 0 Å². The molecule has 0 bridgehead atoms. The molecule has 20 aromatic carbocycles. The van der Waals surface area contributed by atoms with Gasteiger partial charge in [0.25, 0.3) is 0 Å². The zero-order valence-electron chi connectivity index (χ0n) is 66.9. The molecule has 580 valence electrons. The number of hydrogen-bond donors (Lipinski definition) is 1. The lowest BCUT2D eigenvalue weighted by atomic mass is 9.96. The van der Waals surface area contributed by atoms with Crippen LogP contribution >= 0.6 is 22.6 Å². The minimum atomic E-state index is 0.850. The molecule has 6 nitrogen and oxygen atoms in total. The van der Waals surface area contributed by atoms with Gasteiger partial charge in [-0.05, 0) is 221 Å². The second-order valence-electron chi connectivity index (χ2n) is 31.2. The fraction of sp³-hybridized carbons (Fsp3) is 0. The first-order valence-electron chi connectivity index (χ1n) is 41.7. The van der Waals surface area contributed by atoms with Crippen LogP contribution in [0.4, 0.5) is 28.4 Å². The van der Waals surface area contributed by atoms with Crippen LogP contribution in [-0.4, -0.2) is 9.13 Å². The Kier molecular flexibility index (Phi) is 19.2. The Labute approximate surface area is 725 Å². The molecule has 123 heavy (non-hydrogen) atoms. The Morgan fingerprint density at radius 1 is 0.220 bits per heavy atom. The van der Waals surface area contributed by atoms with Crippen LogP contribution < -0.4 is 10.2 Å². The largest absolute Gasteiger partial charge is 0.454 e. The molecular formula is C116H77IN4O2. The van der Waals surface area contributed by atoms with Gasteiger partial charge in [0, 0.05) is 88.3 Å². The number of benzene rings is 20. The standard InChI is InChI=1S/C58H38N2O.C36H26N2.C22H13IO/c1-3-14-39(15-4-1)40-26-32-45(33-27-40)59(55-25-13-22-51-56-48-19-8-7-18-44(48)38-52(58(56)61-57(51)55)43-16-5-2-6-17-43)46-34-28-41(29-35-46)42-30-36-47(37-31-42)60-53-23-11-9-20-49(53)50-21-10-12-24-54(50)60;1-2-8-26(9-3-1)27-14-20-30(21-15-27)37-31-22-16-28(17-23-31)29-18-24-32(25-19-29)38-35-12-6-4-10-33(35)34-11-5-7-13-36(34)38;23-19-12-6-11-17-20-16-10-5-4-9-15(16)13-18(22(20)24-21(17)19)14-7-2-1-3-8-14/h1-38H;1-25,37H;1-13H. The average Bonchev–Trinajstić information content (AvgIpc) is 1.59. The third-order valence-electron chi connectivity index (χ3n) is 23.9. The minimum absolute atomic E-state index is 0.850. The quantitative estimate of drug-likeness (QED) is 0.117. The Morgan fingerprint density at radius 3 is 0.886 bits per heavy atom. The number of aromatic nitrogens is 2. The van der Waals surface area contributed by atoms with Gasteiger partial charge in [0.1, 0.15) is 16.7 Å². The van der Waals surface area contributed by atoms with E-state index >= 15 is 0 Å². The number of fused-ring (bicyclic) bond motifs is 16. The summed E-state index contributed by atoms with van der Waals surface area (Å²) in [5, 5.41) is 18.1. The molecule has 7 heteroatoms. The molecule has 4 aromatic heterocycles. The summed E-state index contributed by atoms with van der Waals surface area (Å²) in [6.07, 6.45) is 0. The highest BCUT2D eigenvalue weighted by Gasteiger charge is 2.25. The van der Waals surface area contributed by atoms with Gasteiger partial charge < -0.3 is 28.2 Å². The summed E-state index contributed by atoms with van der Waals surface area (Å²) in [5.41, 5.74) is 30.2. The Hall–Kier alpha value is -15.6. The maximum absolute atomic E-state index is 7.14. The van der Waals surface area contributed by atoms with E-state index in [0.29, 0.717) is 0 Å². The molecule has 0 amide bonds. The normalized spacial score (nSPS) is 11.5. The maximum atomic E-state index is 7.14.